The van der Waals surface area contributed by atoms with E-state index in [0.29, 0.717) is 29.7 Å². The molecule has 1 unspecified atom stereocenters. The van der Waals surface area contributed by atoms with E-state index in [9.17, 15) is 9.59 Å². The minimum Gasteiger partial charge on any atom is -0.378 e. The molecule has 1 atom stereocenters. The van der Waals surface area contributed by atoms with Gasteiger partial charge in [-0.05, 0) is 37.3 Å². The lowest BCUT2D eigenvalue weighted by molar-refractivity contribution is 0.0939. The van der Waals surface area contributed by atoms with Gasteiger partial charge in [-0.2, -0.15) is 0 Å². The number of aryl methyl sites for hydroxylation is 1. The first-order valence-electron chi connectivity index (χ1n) is 10.6. The Balaban J connectivity index is 1.50. The van der Waals surface area contributed by atoms with E-state index in [0.717, 1.165) is 30.2 Å². The lowest BCUT2D eigenvalue weighted by atomic mass is 10.00. The number of aromatic nitrogens is 1. The number of hydrogen-bond donors (Lipinski definition) is 3. The molecule has 1 aromatic heterocycles. The number of thiazole rings is 1. The summed E-state index contributed by atoms with van der Waals surface area (Å²) in [6, 6.07) is 7.56. The fraction of sp³-hybridized carbons (Fsp3) is 0.500. The van der Waals surface area contributed by atoms with E-state index in [4.69, 9.17) is 4.74 Å². The highest BCUT2D eigenvalue weighted by Gasteiger charge is 2.21. The average Bonchev–Trinajstić information content (AvgIpc) is 3.14. The van der Waals surface area contributed by atoms with Crippen LogP contribution >= 0.6 is 11.3 Å². The van der Waals surface area contributed by atoms with Crippen molar-refractivity contribution in [3.05, 3.63) is 46.0 Å². The number of nitrogens with one attached hydrogen (secondary N) is 3. The van der Waals surface area contributed by atoms with Crippen LogP contribution in [-0.4, -0.2) is 43.2 Å². The fourth-order valence-corrected chi connectivity index (χ4v) is 4.40. The maximum Gasteiger partial charge on any atom is 0.333 e. The standard InChI is InChI=1S/C22H31N5O3S/c1-14(2)13-17-5-7-18(8-6-17)15(3)23-21(29)26-25-20(28)19-16(4)24-22(31-19)27-9-11-30-12-10-27/h5-8,14-15H,9-13H2,1-4H3,(H,25,28)(H2,23,26,29). The first kappa shape index (κ1) is 23.0. The zero-order valence-corrected chi connectivity index (χ0v) is 19.3. The van der Waals surface area contributed by atoms with Gasteiger partial charge in [0.25, 0.3) is 5.91 Å². The van der Waals surface area contributed by atoms with Crippen LogP contribution in [0.4, 0.5) is 9.93 Å². The number of rotatable bonds is 6. The second-order valence-electron chi connectivity index (χ2n) is 8.12. The van der Waals surface area contributed by atoms with Crippen LogP contribution < -0.4 is 21.1 Å². The molecule has 3 amide bonds. The molecule has 3 N–H and O–H groups in total. The van der Waals surface area contributed by atoms with E-state index >= 15 is 0 Å². The van der Waals surface area contributed by atoms with Gasteiger partial charge in [0.1, 0.15) is 4.88 Å². The smallest absolute Gasteiger partial charge is 0.333 e. The van der Waals surface area contributed by atoms with Crippen LogP contribution in [0.25, 0.3) is 0 Å². The van der Waals surface area contributed by atoms with Crippen LogP contribution in [0.5, 0.6) is 0 Å². The Morgan fingerprint density at radius 1 is 1.13 bits per heavy atom. The molecule has 0 saturated carbocycles. The van der Waals surface area contributed by atoms with Gasteiger partial charge in [-0.25, -0.2) is 15.2 Å². The van der Waals surface area contributed by atoms with E-state index in [1.54, 1.807) is 6.92 Å². The van der Waals surface area contributed by atoms with Crippen LogP contribution in [0.15, 0.2) is 24.3 Å². The van der Waals surface area contributed by atoms with Crippen LogP contribution in [-0.2, 0) is 11.2 Å². The first-order valence-corrected chi connectivity index (χ1v) is 11.4. The summed E-state index contributed by atoms with van der Waals surface area (Å²) in [7, 11) is 0. The van der Waals surface area contributed by atoms with Gasteiger partial charge in [0.15, 0.2) is 5.13 Å². The number of hydrazine groups is 1. The highest BCUT2D eigenvalue weighted by molar-refractivity contribution is 7.17. The van der Waals surface area contributed by atoms with Gasteiger partial charge < -0.3 is 15.0 Å². The van der Waals surface area contributed by atoms with Crippen LogP contribution in [0.2, 0.25) is 0 Å². The highest BCUT2D eigenvalue weighted by atomic mass is 32.1. The summed E-state index contributed by atoms with van der Waals surface area (Å²) in [5.41, 5.74) is 7.82. The Morgan fingerprint density at radius 2 is 1.81 bits per heavy atom. The summed E-state index contributed by atoms with van der Waals surface area (Å²) in [6.07, 6.45) is 1.03. The van der Waals surface area contributed by atoms with Crippen LogP contribution in [0.1, 0.15) is 53.3 Å². The van der Waals surface area contributed by atoms with Crippen LogP contribution in [0, 0.1) is 12.8 Å². The molecule has 3 rings (SSSR count). The number of morpholine rings is 1. The first-order chi connectivity index (χ1) is 14.8. The highest BCUT2D eigenvalue weighted by Crippen LogP contribution is 2.26. The summed E-state index contributed by atoms with van der Waals surface area (Å²) in [5.74, 6) is 0.221. The molecule has 31 heavy (non-hydrogen) atoms. The minimum atomic E-state index is -0.470. The van der Waals surface area contributed by atoms with Gasteiger partial charge in [0, 0.05) is 13.1 Å². The second kappa shape index (κ2) is 10.6. The maximum atomic E-state index is 12.5. The monoisotopic (exact) mass is 445 g/mol. The molecule has 168 valence electrons. The van der Waals surface area contributed by atoms with Crippen molar-refractivity contribution in [1.82, 2.24) is 21.2 Å². The van der Waals surface area contributed by atoms with E-state index in [-0.39, 0.29) is 11.9 Å². The molecule has 9 heteroatoms. The van der Waals surface area contributed by atoms with Gasteiger partial charge in [0.2, 0.25) is 0 Å². The number of carbonyl (C=O) groups is 2. The predicted molar refractivity (Wildman–Crippen MR) is 122 cm³/mol. The molecule has 2 heterocycles. The van der Waals surface area contributed by atoms with Gasteiger partial charge in [-0.3, -0.25) is 10.2 Å². The zero-order valence-electron chi connectivity index (χ0n) is 18.5. The zero-order chi connectivity index (χ0) is 22.4. The molecule has 0 radical (unpaired) electrons. The minimum absolute atomic E-state index is 0.192. The fourth-order valence-electron chi connectivity index (χ4n) is 3.38. The maximum absolute atomic E-state index is 12.5. The lowest BCUT2D eigenvalue weighted by Crippen LogP contribution is -2.47. The third kappa shape index (κ3) is 6.41. The molecule has 0 spiro atoms. The van der Waals surface area contributed by atoms with Crippen molar-refractivity contribution in [2.45, 2.75) is 40.2 Å². The summed E-state index contributed by atoms with van der Waals surface area (Å²) in [6.45, 7) is 10.9. The number of ether oxygens (including phenoxy) is 1. The van der Waals surface area contributed by atoms with E-state index in [1.807, 2.05) is 19.1 Å². The number of hydrogen-bond acceptors (Lipinski definition) is 6. The van der Waals surface area contributed by atoms with E-state index in [1.165, 1.54) is 16.9 Å². The number of anilines is 1. The molecule has 8 nitrogen and oxygen atoms in total. The van der Waals surface area contributed by atoms with Crippen molar-refractivity contribution in [3.8, 4) is 0 Å². The van der Waals surface area contributed by atoms with Crippen molar-refractivity contribution < 1.29 is 14.3 Å². The van der Waals surface area contributed by atoms with E-state index in [2.05, 4.69) is 52.0 Å². The number of carbonyl (C=O) groups excluding carboxylic acids is 2. The summed E-state index contributed by atoms with van der Waals surface area (Å²) in [5, 5.41) is 3.63. The Labute approximate surface area is 187 Å². The Hall–Kier alpha value is -2.65. The molecular weight excluding hydrogens is 414 g/mol. The molecule has 1 aromatic carbocycles. The SMILES string of the molecule is Cc1nc(N2CCOCC2)sc1C(=O)NNC(=O)NC(C)c1ccc(CC(C)C)cc1. The lowest BCUT2D eigenvalue weighted by Gasteiger charge is -2.25. The van der Waals surface area contributed by atoms with Crippen molar-refractivity contribution in [3.63, 3.8) is 0 Å². The topological polar surface area (TPSA) is 95.6 Å². The molecule has 1 aliphatic rings. The van der Waals surface area contributed by atoms with Crippen molar-refractivity contribution in [2.75, 3.05) is 31.2 Å². The third-order valence-electron chi connectivity index (χ3n) is 5.03. The summed E-state index contributed by atoms with van der Waals surface area (Å²) >= 11 is 1.32. The van der Waals surface area contributed by atoms with E-state index < -0.39 is 6.03 Å². The number of nitrogens with zero attached hydrogens (tertiary/aromatic N) is 2. The molecule has 1 saturated heterocycles. The van der Waals surface area contributed by atoms with Crippen molar-refractivity contribution in [2.24, 2.45) is 5.92 Å². The Kier molecular flexibility index (Phi) is 7.86. The molecule has 1 aliphatic heterocycles. The average molecular weight is 446 g/mol. The van der Waals surface area contributed by atoms with Gasteiger partial charge in [-0.15, -0.1) is 0 Å². The molecule has 2 aromatic rings. The van der Waals surface area contributed by atoms with Gasteiger partial charge in [-0.1, -0.05) is 49.4 Å². The number of urea groups is 1. The number of benzene rings is 1. The molecule has 1 fully saturated rings. The Bertz CT molecular complexity index is 891. The number of amides is 3. The second-order valence-corrected chi connectivity index (χ2v) is 9.10. The third-order valence-corrected chi connectivity index (χ3v) is 6.25. The molecule has 0 aliphatic carbocycles. The summed E-state index contributed by atoms with van der Waals surface area (Å²) in [4.78, 5) is 31.8. The molecular formula is C22H31N5O3S. The van der Waals surface area contributed by atoms with Crippen molar-refractivity contribution >= 4 is 28.4 Å². The normalized spacial score (nSPS) is 14.9. The Morgan fingerprint density at radius 3 is 2.45 bits per heavy atom. The predicted octanol–water partition coefficient (Wildman–Crippen LogP) is 3.19. The molecule has 0 bridgehead atoms. The summed E-state index contributed by atoms with van der Waals surface area (Å²) < 4.78 is 5.36. The van der Waals surface area contributed by atoms with Gasteiger partial charge >= 0.3 is 6.03 Å². The van der Waals surface area contributed by atoms with Gasteiger partial charge in [0.05, 0.1) is 24.9 Å². The van der Waals surface area contributed by atoms with Crippen LogP contribution in [0.3, 0.4) is 0 Å². The largest absolute Gasteiger partial charge is 0.378 e. The van der Waals surface area contributed by atoms with Crippen molar-refractivity contribution in [1.29, 1.82) is 0 Å². The quantitative estimate of drug-likeness (QED) is 0.594.